The topological polar surface area (TPSA) is 238 Å². The van der Waals surface area contributed by atoms with Gasteiger partial charge < -0.3 is 64.2 Å². The highest BCUT2D eigenvalue weighted by molar-refractivity contribution is 7.90. The Bertz CT molecular complexity index is 1950. The summed E-state index contributed by atoms with van der Waals surface area (Å²) in [6.07, 6.45) is -15.1. The van der Waals surface area contributed by atoms with Crippen LogP contribution >= 0.6 is 0 Å². The molecule has 0 saturated carbocycles. The molecule has 3 heterocycles. The van der Waals surface area contributed by atoms with E-state index in [2.05, 4.69) is 10.0 Å². The van der Waals surface area contributed by atoms with Crippen LogP contribution in [0.15, 0.2) is 24.3 Å². The van der Waals surface area contributed by atoms with Gasteiger partial charge in [-0.1, -0.05) is 27.7 Å². The maximum Gasteiger partial charge on any atom is 0.416 e. The van der Waals surface area contributed by atoms with Crippen molar-refractivity contribution < 1.29 is 80.3 Å². The van der Waals surface area contributed by atoms with Gasteiger partial charge in [0, 0.05) is 51.3 Å². The summed E-state index contributed by atoms with van der Waals surface area (Å²) in [5.74, 6) is -3.39. The van der Waals surface area contributed by atoms with Crippen molar-refractivity contribution in [2.75, 3.05) is 45.6 Å². The van der Waals surface area contributed by atoms with Gasteiger partial charge in [0.1, 0.15) is 35.1 Å². The lowest BCUT2D eigenvalue weighted by molar-refractivity contribution is -0.336. The number of likely N-dealkylation sites (N-methyl/N-ethyl adjacent to an activating group) is 2. The van der Waals surface area contributed by atoms with Gasteiger partial charge in [-0.3, -0.25) is 9.52 Å². The maximum atomic E-state index is 14.6. The number of halogens is 3. The molecule has 22 heteroatoms. The molecule has 0 aromatic heterocycles. The van der Waals surface area contributed by atoms with Gasteiger partial charge in [0.2, 0.25) is 0 Å². The van der Waals surface area contributed by atoms with Gasteiger partial charge in [-0.05, 0) is 118 Å². The quantitative estimate of drug-likeness (QED) is 0.103. The Kier molecular flexibility index (Phi) is 20.2. The van der Waals surface area contributed by atoms with Crippen molar-refractivity contribution in [3.8, 4) is 0 Å². The minimum Gasteiger partial charge on any atom is -0.459 e. The second kappa shape index (κ2) is 23.5. The van der Waals surface area contributed by atoms with E-state index < -0.39 is 130 Å². The molecule has 0 spiro atoms. The van der Waals surface area contributed by atoms with E-state index in [1.165, 1.54) is 28.0 Å². The number of rotatable bonds is 14. The van der Waals surface area contributed by atoms with Gasteiger partial charge in [0.15, 0.2) is 12.6 Å². The fraction of sp³-hybridized carbons (Fsp3) is 0.854. The molecular formula is C48H83F3N4O14S. The van der Waals surface area contributed by atoms with Crippen LogP contribution in [0.5, 0.6) is 0 Å². The number of nitrogens with one attached hydrogen (secondary N) is 2. The summed E-state index contributed by atoms with van der Waals surface area (Å²) < 4.78 is 109. The first-order valence-electron chi connectivity index (χ1n) is 24.5. The smallest absolute Gasteiger partial charge is 0.416 e. The van der Waals surface area contributed by atoms with Crippen LogP contribution in [0.2, 0.25) is 0 Å². The molecule has 3 aliphatic rings. The van der Waals surface area contributed by atoms with E-state index in [4.69, 9.17) is 28.4 Å². The fourth-order valence-corrected chi connectivity index (χ4v) is 11.7. The number of carbonyl (C=O) groups excluding carboxylic acids is 1. The van der Waals surface area contributed by atoms with E-state index in [9.17, 15) is 51.9 Å². The van der Waals surface area contributed by atoms with E-state index in [1.54, 1.807) is 55.5 Å². The summed E-state index contributed by atoms with van der Waals surface area (Å²) in [4.78, 5) is 16.4. The number of benzene rings is 1. The number of ether oxygens (including phenoxy) is 6. The first kappa shape index (κ1) is 60.3. The van der Waals surface area contributed by atoms with Crippen molar-refractivity contribution in [2.24, 2.45) is 17.8 Å². The lowest BCUT2D eigenvalue weighted by Gasteiger charge is -2.53. The van der Waals surface area contributed by atoms with E-state index in [0.29, 0.717) is 13.1 Å². The molecule has 3 saturated heterocycles. The zero-order valence-corrected chi connectivity index (χ0v) is 44.2. The van der Waals surface area contributed by atoms with Gasteiger partial charge in [-0.25, -0.2) is 0 Å². The molecule has 0 amide bonds. The van der Waals surface area contributed by atoms with Crippen molar-refractivity contribution >= 4 is 21.9 Å². The fourth-order valence-electron chi connectivity index (χ4n) is 10.6. The van der Waals surface area contributed by atoms with Crippen molar-refractivity contribution in [1.29, 1.82) is 0 Å². The number of esters is 1. The molecule has 1 aromatic carbocycles. The van der Waals surface area contributed by atoms with Crippen molar-refractivity contribution in [3.63, 3.8) is 0 Å². The number of aliphatic hydroxyl groups excluding tert-OH is 2. The third kappa shape index (κ3) is 13.5. The van der Waals surface area contributed by atoms with Crippen molar-refractivity contribution in [2.45, 2.75) is 204 Å². The molecule has 406 valence electrons. The Balaban J connectivity index is 1.81. The molecule has 3 aliphatic heterocycles. The lowest BCUT2D eigenvalue weighted by atomic mass is 9.75. The summed E-state index contributed by atoms with van der Waals surface area (Å²) >= 11 is 0. The first-order chi connectivity index (χ1) is 32.2. The highest BCUT2D eigenvalue weighted by Gasteiger charge is 2.58. The van der Waals surface area contributed by atoms with E-state index in [0.717, 1.165) is 35.0 Å². The second-order valence-electron chi connectivity index (χ2n) is 20.9. The Morgan fingerprint density at radius 2 is 1.57 bits per heavy atom. The summed E-state index contributed by atoms with van der Waals surface area (Å²) in [5, 5.41) is 63.8. The van der Waals surface area contributed by atoms with Gasteiger partial charge in [0.05, 0.1) is 47.5 Å². The van der Waals surface area contributed by atoms with Crippen molar-refractivity contribution in [3.05, 3.63) is 29.8 Å². The normalized spacial score (nSPS) is 41.4. The Morgan fingerprint density at radius 3 is 2.13 bits per heavy atom. The lowest BCUT2D eigenvalue weighted by Crippen LogP contribution is -2.70. The highest BCUT2D eigenvalue weighted by Crippen LogP contribution is 2.43. The van der Waals surface area contributed by atoms with Crippen LogP contribution in [0, 0.1) is 17.8 Å². The van der Waals surface area contributed by atoms with Gasteiger partial charge in [0.25, 0.3) is 0 Å². The Morgan fingerprint density at radius 1 is 0.957 bits per heavy atom. The SMILES string of the molecule is CCCNC[C@]1(O)[C@H](C)O[C@@H](O[C@H]2[C@H](C)[C@@H](O[C@@H]3O[C@H](C)C[C@H](N(C)S(=O)(=O)Nc4ccc(C(F)(F)F)cc4)[C@H]3O)[C@](C)(O)C[C@@H](C)CN(C)[C@H](C)[C@@H](O)[C@](C)(O)[C@@H](CC)OC(=O)[C@@H]2C)C[C@@]1(C)OC. The molecule has 1 aromatic rings. The maximum absolute atomic E-state index is 14.6. The molecular weight excluding hydrogens is 946 g/mol. The standard InChI is InChI=1S/C48H83F3N4O14S/c1-15-21-52-26-47(61)32(8)66-37(24-45(47,10)64-14)68-39-29(5)41(44(9,59)23-27(3)25-54(12)31(7)40(57)46(11,60)36(16-2)67-42(58)30(39)6)69-43-38(56)35(22-28(4)65-43)55(13)70(62,63)53-34-19-17-33(18-20-34)48(49,50)51/h17-20,27-32,35-41,43,52-53,56-57,59-61H,15-16,21-26H2,1-14H3/t27-,28-,29+,30-,31-,32+,35+,36-,37+,38-,39+,40-,41-,43+,44-,45-,46-,47+/m1/s1. The number of cyclic esters (lactones) is 1. The van der Waals surface area contributed by atoms with Crippen LogP contribution < -0.4 is 10.0 Å². The minimum absolute atomic E-state index is 0.0261. The van der Waals surface area contributed by atoms with Gasteiger partial charge in [-0.2, -0.15) is 25.9 Å². The molecule has 4 rings (SSSR count). The Hall–Kier alpha value is -2.29. The molecule has 3 fully saturated rings. The predicted molar refractivity (Wildman–Crippen MR) is 254 cm³/mol. The van der Waals surface area contributed by atoms with Crippen LogP contribution in [0.4, 0.5) is 18.9 Å². The zero-order valence-electron chi connectivity index (χ0n) is 43.4. The van der Waals surface area contributed by atoms with Gasteiger partial charge in [-0.15, -0.1) is 0 Å². The molecule has 0 bridgehead atoms. The number of methoxy groups -OCH3 is 1. The molecule has 7 N–H and O–H groups in total. The zero-order chi connectivity index (χ0) is 53.1. The monoisotopic (exact) mass is 1030 g/mol. The van der Waals surface area contributed by atoms with Crippen LogP contribution in [0.1, 0.15) is 114 Å². The number of alkyl halides is 3. The average molecular weight is 1030 g/mol. The van der Waals surface area contributed by atoms with Crippen molar-refractivity contribution in [1.82, 2.24) is 14.5 Å². The third-order valence-corrected chi connectivity index (χ3v) is 16.7. The number of hydrogen-bond acceptors (Lipinski definition) is 16. The van der Waals surface area contributed by atoms with E-state index in [1.807, 2.05) is 18.7 Å². The summed E-state index contributed by atoms with van der Waals surface area (Å²) in [5.41, 5.74) is -7.68. The minimum atomic E-state index is -4.64. The number of aliphatic hydroxyl groups is 5. The number of nitrogens with zero attached hydrogens (tertiary/aromatic N) is 2. The second-order valence-corrected chi connectivity index (χ2v) is 22.6. The van der Waals surface area contributed by atoms with Crippen LogP contribution in [-0.2, 0) is 49.6 Å². The number of carbonyl (C=O) groups is 1. The van der Waals surface area contributed by atoms with Crippen LogP contribution in [-0.4, -0.2) is 180 Å². The average Bonchev–Trinajstić information content (AvgIpc) is 3.27. The van der Waals surface area contributed by atoms with Crippen LogP contribution in [0.25, 0.3) is 0 Å². The molecule has 0 aliphatic carbocycles. The number of anilines is 1. The summed E-state index contributed by atoms with van der Waals surface area (Å²) in [6.45, 7) is 19.6. The third-order valence-electron chi connectivity index (χ3n) is 15.1. The predicted octanol–water partition coefficient (Wildman–Crippen LogP) is 4.02. The molecule has 0 radical (unpaired) electrons. The largest absolute Gasteiger partial charge is 0.459 e. The molecule has 70 heavy (non-hydrogen) atoms. The Labute approximate surface area is 413 Å². The summed E-state index contributed by atoms with van der Waals surface area (Å²) in [7, 11) is -0.100. The number of hydrogen-bond donors (Lipinski definition) is 7. The van der Waals surface area contributed by atoms with Gasteiger partial charge >= 0.3 is 22.4 Å². The van der Waals surface area contributed by atoms with Crippen LogP contribution in [0.3, 0.4) is 0 Å². The molecule has 18 nitrogen and oxygen atoms in total. The first-order valence-corrected chi connectivity index (χ1v) is 25.9. The van der Waals surface area contributed by atoms with E-state index >= 15 is 0 Å². The highest BCUT2D eigenvalue weighted by atomic mass is 32.2. The molecule has 18 atom stereocenters. The van der Waals surface area contributed by atoms with E-state index in [-0.39, 0.29) is 43.8 Å². The summed E-state index contributed by atoms with van der Waals surface area (Å²) in [6, 6.07) is 1.54. The molecule has 0 unspecified atom stereocenters.